The van der Waals surface area contributed by atoms with E-state index >= 15 is 0 Å². The minimum Gasteiger partial charge on any atom is -0.489 e. The van der Waals surface area contributed by atoms with Gasteiger partial charge in [-0.2, -0.15) is 0 Å². The third kappa shape index (κ3) is 5.63. The van der Waals surface area contributed by atoms with Crippen LogP contribution in [0.25, 0.3) is 11.0 Å². The molecule has 0 saturated carbocycles. The average Bonchev–Trinajstić information content (AvgIpc) is 3.26. The van der Waals surface area contributed by atoms with E-state index in [9.17, 15) is 14.0 Å². The van der Waals surface area contributed by atoms with E-state index in [-0.39, 0.29) is 22.4 Å². The highest BCUT2D eigenvalue weighted by molar-refractivity contribution is 6.14. The molecule has 1 saturated heterocycles. The van der Waals surface area contributed by atoms with Gasteiger partial charge in [0.15, 0.2) is 0 Å². The number of hydrogen-bond acceptors (Lipinski definition) is 6. The summed E-state index contributed by atoms with van der Waals surface area (Å²) in [5.74, 6) is -1.48. The Bertz CT molecular complexity index is 1430. The molecule has 1 fully saturated rings. The predicted octanol–water partition coefficient (Wildman–Crippen LogP) is 4.33. The Kier molecular flexibility index (Phi) is 7.16. The number of hydrogen-bond donors (Lipinski definition) is 2. The van der Waals surface area contributed by atoms with Crippen LogP contribution in [-0.4, -0.2) is 43.0 Å². The first kappa shape index (κ1) is 24.5. The number of furan rings is 1. The summed E-state index contributed by atoms with van der Waals surface area (Å²) in [4.78, 5) is 27.5. The number of nitrogens with one attached hydrogen (secondary N) is 1. The summed E-state index contributed by atoms with van der Waals surface area (Å²) in [6.45, 7) is 3.77. The molecular weight excluding hydrogens is 477 g/mol. The number of rotatable bonds is 8. The van der Waals surface area contributed by atoms with Crippen molar-refractivity contribution in [3.8, 4) is 5.75 Å². The van der Waals surface area contributed by atoms with Crippen LogP contribution in [-0.2, 0) is 17.9 Å². The molecule has 0 bridgehead atoms. The summed E-state index contributed by atoms with van der Waals surface area (Å²) >= 11 is 0. The first-order valence-corrected chi connectivity index (χ1v) is 11.9. The van der Waals surface area contributed by atoms with Crippen molar-refractivity contribution < 1.29 is 27.9 Å². The lowest BCUT2D eigenvalue weighted by atomic mass is 10.1. The van der Waals surface area contributed by atoms with Crippen LogP contribution < -0.4 is 15.8 Å². The highest BCUT2D eigenvalue weighted by Crippen LogP contribution is 2.32. The number of carbonyl (C=O) groups is 2. The van der Waals surface area contributed by atoms with E-state index in [2.05, 4.69) is 10.2 Å². The van der Waals surface area contributed by atoms with Gasteiger partial charge in [0, 0.05) is 36.1 Å². The van der Waals surface area contributed by atoms with Crippen molar-refractivity contribution in [3.63, 3.8) is 0 Å². The molecule has 8 nitrogen and oxygen atoms in total. The number of fused-ring (bicyclic) bond motifs is 1. The molecule has 1 aliphatic rings. The summed E-state index contributed by atoms with van der Waals surface area (Å²) in [7, 11) is 0. The van der Waals surface area contributed by atoms with Crippen molar-refractivity contribution in [2.75, 3.05) is 31.6 Å². The van der Waals surface area contributed by atoms with Crippen molar-refractivity contribution in [2.24, 2.45) is 5.73 Å². The summed E-state index contributed by atoms with van der Waals surface area (Å²) in [5, 5.41) is 2.94. The minimum absolute atomic E-state index is 0.0335. The zero-order chi connectivity index (χ0) is 25.8. The van der Waals surface area contributed by atoms with Gasteiger partial charge in [-0.25, -0.2) is 4.39 Å². The Morgan fingerprint density at radius 1 is 1.03 bits per heavy atom. The van der Waals surface area contributed by atoms with Gasteiger partial charge < -0.3 is 24.9 Å². The van der Waals surface area contributed by atoms with Gasteiger partial charge >= 0.3 is 0 Å². The van der Waals surface area contributed by atoms with Gasteiger partial charge in [0.2, 0.25) is 5.76 Å². The quantitative estimate of drug-likeness (QED) is 0.371. The van der Waals surface area contributed by atoms with E-state index < -0.39 is 17.6 Å². The molecule has 4 aromatic rings. The van der Waals surface area contributed by atoms with Gasteiger partial charge in [0.1, 0.15) is 29.4 Å². The van der Waals surface area contributed by atoms with Gasteiger partial charge in [0.05, 0.1) is 13.2 Å². The maximum absolute atomic E-state index is 13.9. The monoisotopic (exact) mass is 503 g/mol. The number of halogens is 1. The van der Waals surface area contributed by atoms with Gasteiger partial charge in [-0.05, 0) is 42.0 Å². The van der Waals surface area contributed by atoms with Crippen LogP contribution in [0.4, 0.5) is 10.1 Å². The number of anilines is 1. The Morgan fingerprint density at radius 3 is 2.57 bits per heavy atom. The molecule has 2 heterocycles. The van der Waals surface area contributed by atoms with Crippen LogP contribution in [0, 0.1) is 5.82 Å². The molecule has 0 spiro atoms. The third-order valence-electron chi connectivity index (χ3n) is 6.17. The van der Waals surface area contributed by atoms with Gasteiger partial charge in [0.25, 0.3) is 11.8 Å². The second-order valence-electron chi connectivity index (χ2n) is 8.75. The van der Waals surface area contributed by atoms with Crippen LogP contribution in [0.5, 0.6) is 5.75 Å². The molecular formula is C28H26FN3O5. The smallest absolute Gasteiger partial charge is 0.286 e. The summed E-state index contributed by atoms with van der Waals surface area (Å²) < 4.78 is 31.0. The van der Waals surface area contributed by atoms with E-state index in [4.69, 9.17) is 19.6 Å². The van der Waals surface area contributed by atoms with Crippen molar-refractivity contribution in [1.29, 1.82) is 0 Å². The highest BCUT2D eigenvalue weighted by atomic mass is 19.1. The zero-order valence-corrected chi connectivity index (χ0v) is 20.0. The fourth-order valence-electron chi connectivity index (χ4n) is 4.27. The maximum Gasteiger partial charge on any atom is 0.286 e. The molecule has 0 radical (unpaired) electrons. The van der Waals surface area contributed by atoms with Gasteiger partial charge in [-0.1, -0.05) is 30.3 Å². The largest absolute Gasteiger partial charge is 0.489 e. The van der Waals surface area contributed by atoms with Crippen molar-refractivity contribution in [2.45, 2.75) is 13.2 Å². The number of nitrogens with zero attached hydrogens (tertiary/aromatic N) is 1. The third-order valence-corrected chi connectivity index (χ3v) is 6.17. The normalized spacial score (nSPS) is 14.0. The van der Waals surface area contributed by atoms with Gasteiger partial charge in [-0.3, -0.25) is 14.5 Å². The van der Waals surface area contributed by atoms with Crippen LogP contribution in [0.3, 0.4) is 0 Å². The molecule has 9 heteroatoms. The van der Waals surface area contributed by atoms with Crippen molar-refractivity contribution in [1.82, 2.24) is 4.90 Å². The molecule has 3 aromatic carbocycles. The van der Waals surface area contributed by atoms with E-state index in [1.54, 1.807) is 18.2 Å². The lowest BCUT2D eigenvalue weighted by molar-refractivity contribution is 0.0337. The Morgan fingerprint density at radius 2 is 1.81 bits per heavy atom. The lowest BCUT2D eigenvalue weighted by Gasteiger charge is -2.27. The number of amides is 2. The fourth-order valence-corrected chi connectivity index (χ4v) is 4.27. The Hall–Kier alpha value is -4.21. The maximum atomic E-state index is 13.9. The minimum atomic E-state index is -0.871. The van der Waals surface area contributed by atoms with Crippen LogP contribution in [0.15, 0.2) is 71.1 Å². The first-order valence-electron chi connectivity index (χ1n) is 11.9. The van der Waals surface area contributed by atoms with Crippen molar-refractivity contribution in [3.05, 3.63) is 95.0 Å². The number of primary amides is 1. The number of morpholine rings is 1. The molecule has 0 aliphatic carbocycles. The molecule has 3 N–H and O–H groups in total. The number of nitrogens with two attached hydrogens (primary N) is 1. The molecule has 0 atom stereocenters. The molecule has 1 aromatic heterocycles. The molecule has 190 valence electrons. The van der Waals surface area contributed by atoms with E-state index in [1.165, 1.54) is 18.2 Å². The summed E-state index contributed by atoms with van der Waals surface area (Å²) in [5.41, 5.74) is 7.93. The van der Waals surface area contributed by atoms with Crippen LogP contribution in [0.2, 0.25) is 0 Å². The second kappa shape index (κ2) is 10.8. The Balaban J connectivity index is 1.43. The van der Waals surface area contributed by atoms with Crippen LogP contribution in [0.1, 0.15) is 32.0 Å². The fraction of sp³-hybridized carbons (Fsp3) is 0.214. The molecule has 2 amide bonds. The topological polar surface area (TPSA) is 107 Å². The first-order chi connectivity index (χ1) is 18.0. The van der Waals surface area contributed by atoms with Crippen molar-refractivity contribution >= 4 is 28.5 Å². The second-order valence-corrected chi connectivity index (χ2v) is 8.75. The van der Waals surface area contributed by atoms with E-state index in [0.29, 0.717) is 37.7 Å². The predicted molar refractivity (Wildman–Crippen MR) is 136 cm³/mol. The molecule has 5 rings (SSSR count). The standard InChI is InChI=1S/C28H26FN3O5/c29-21-7-9-24-22(15-21)25(26(37-24)27(30)33)31-28(34)19-6-8-23(36-17-18-4-2-1-3-5-18)20(14-19)16-32-10-12-35-13-11-32/h1-9,14-15H,10-13,16-17H2,(H2,30,33)(H,31,34). The number of benzene rings is 3. The zero-order valence-electron chi connectivity index (χ0n) is 20.0. The highest BCUT2D eigenvalue weighted by Gasteiger charge is 2.22. The van der Waals surface area contributed by atoms with Crippen LogP contribution >= 0.6 is 0 Å². The molecule has 37 heavy (non-hydrogen) atoms. The van der Waals surface area contributed by atoms with E-state index in [0.717, 1.165) is 24.2 Å². The van der Waals surface area contributed by atoms with Gasteiger partial charge in [-0.15, -0.1) is 0 Å². The average molecular weight is 504 g/mol. The molecule has 0 unspecified atom stereocenters. The van der Waals surface area contributed by atoms with E-state index in [1.807, 2.05) is 30.3 Å². The number of carbonyl (C=O) groups excluding carboxylic acids is 2. The number of ether oxygens (including phenoxy) is 2. The summed E-state index contributed by atoms with van der Waals surface area (Å²) in [6.07, 6.45) is 0. The SMILES string of the molecule is NC(=O)c1oc2ccc(F)cc2c1NC(=O)c1ccc(OCc2ccccc2)c(CN2CCOCC2)c1. The lowest BCUT2D eigenvalue weighted by Crippen LogP contribution is -2.35. The summed E-state index contributed by atoms with van der Waals surface area (Å²) in [6, 6.07) is 18.8. The Labute approximate surface area is 212 Å². The molecule has 1 aliphatic heterocycles.